The monoisotopic (exact) mass is 309 g/mol. The third kappa shape index (κ3) is 5.78. The quantitative estimate of drug-likeness (QED) is 0.347. The fourth-order valence-corrected chi connectivity index (χ4v) is 2.10. The number of non-ortho nitro benzene ring substituents is 1. The van der Waals surface area contributed by atoms with Gasteiger partial charge in [0.05, 0.1) is 17.6 Å². The van der Waals surface area contributed by atoms with Crippen LogP contribution < -0.4 is 0 Å². The lowest BCUT2D eigenvalue weighted by Gasteiger charge is -2.01. The summed E-state index contributed by atoms with van der Waals surface area (Å²) in [4.78, 5) is 32.5. The number of methoxy groups -OCH3 is 1. The first-order valence-corrected chi connectivity index (χ1v) is 7.10. The molecule has 21 heavy (non-hydrogen) atoms. The normalized spacial score (nSPS) is 10.6. The second-order valence-corrected chi connectivity index (χ2v) is 5.36. The van der Waals surface area contributed by atoms with Crippen molar-refractivity contribution in [3.8, 4) is 0 Å². The molecule has 0 aliphatic heterocycles. The number of thioether (sulfide) groups is 1. The molecule has 0 radical (unpaired) electrons. The minimum atomic E-state index is -0.625. The number of hydrogen-bond donors (Lipinski definition) is 0. The molecule has 1 aromatic rings. The number of carbonyl (C=O) groups excluding carboxylic acids is 2. The summed E-state index contributed by atoms with van der Waals surface area (Å²) in [5.41, 5.74) is 0.498. The van der Waals surface area contributed by atoms with Crippen LogP contribution in [0.2, 0.25) is 0 Å². The van der Waals surface area contributed by atoms with Gasteiger partial charge in [0.1, 0.15) is 0 Å². The van der Waals surface area contributed by atoms with E-state index in [2.05, 4.69) is 4.74 Å². The third-order valence-electron chi connectivity index (χ3n) is 2.47. The summed E-state index contributed by atoms with van der Waals surface area (Å²) >= 11 is 1.21. The maximum Gasteiger partial charge on any atom is 0.338 e. The van der Waals surface area contributed by atoms with E-state index in [0.29, 0.717) is 17.7 Å². The Hall–Kier alpha value is -2.15. The van der Waals surface area contributed by atoms with Gasteiger partial charge in [0.15, 0.2) is 5.12 Å². The van der Waals surface area contributed by atoms with E-state index in [1.54, 1.807) is 12.2 Å². The molecule has 0 heterocycles. The summed E-state index contributed by atoms with van der Waals surface area (Å²) in [7, 11) is 1.22. The Kier molecular flexibility index (Phi) is 6.61. The van der Waals surface area contributed by atoms with Crippen LogP contribution >= 0.6 is 11.8 Å². The van der Waals surface area contributed by atoms with Crippen LogP contribution in [0.4, 0.5) is 5.69 Å². The summed E-state index contributed by atoms with van der Waals surface area (Å²) in [6.45, 7) is 1.50. The highest BCUT2D eigenvalue weighted by atomic mass is 32.2. The van der Waals surface area contributed by atoms with Gasteiger partial charge < -0.3 is 4.74 Å². The topological polar surface area (TPSA) is 86.5 Å². The van der Waals surface area contributed by atoms with E-state index >= 15 is 0 Å². The van der Waals surface area contributed by atoms with Gasteiger partial charge >= 0.3 is 5.97 Å². The van der Waals surface area contributed by atoms with Crippen LogP contribution in [0.25, 0.3) is 6.08 Å². The first-order valence-electron chi connectivity index (χ1n) is 6.11. The standard InChI is InChI=1S/C14H15NO5S/c1-10(16)21-6-4-3-5-11-7-12(14(17)20-2)9-13(8-11)15(18)19/h3,5,7-9H,4,6H2,1-2H3. The molecule has 0 bridgehead atoms. The molecule has 0 atom stereocenters. The van der Waals surface area contributed by atoms with Crippen LogP contribution in [-0.2, 0) is 9.53 Å². The summed E-state index contributed by atoms with van der Waals surface area (Å²) in [5.74, 6) is 0.0189. The van der Waals surface area contributed by atoms with E-state index in [-0.39, 0.29) is 16.4 Å². The fraction of sp³-hybridized carbons (Fsp3) is 0.286. The fourth-order valence-electron chi connectivity index (χ4n) is 1.56. The molecule has 1 aromatic carbocycles. The average Bonchev–Trinajstić information content (AvgIpc) is 2.45. The highest BCUT2D eigenvalue weighted by molar-refractivity contribution is 8.13. The lowest BCUT2D eigenvalue weighted by Crippen LogP contribution is -2.02. The van der Waals surface area contributed by atoms with Crippen LogP contribution in [-0.4, -0.2) is 28.9 Å². The number of nitro groups is 1. The predicted molar refractivity (Wildman–Crippen MR) is 81.2 cm³/mol. The summed E-state index contributed by atoms with van der Waals surface area (Å²) in [6.07, 6.45) is 4.14. The summed E-state index contributed by atoms with van der Waals surface area (Å²) in [6, 6.07) is 4.07. The lowest BCUT2D eigenvalue weighted by atomic mass is 10.1. The number of hydrogen-bond acceptors (Lipinski definition) is 6. The van der Waals surface area contributed by atoms with Gasteiger partial charge in [-0.25, -0.2) is 4.79 Å². The van der Waals surface area contributed by atoms with Gasteiger partial charge in [0, 0.05) is 24.8 Å². The van der Waals surface area contributed by atoms with Crippen LogP contribution in [0, 0.1) is 10.1 Å². The largest absolute Gasteiger partial charge is 0.465 e. The number of allylic oxidation sites excluding steroid dienone is 1. The van der Waals surface area contributed by atoms with Crippen molar-refractivity contribution < 1.29 is 19.2 Å². The number of carbonyl (C=O) groups is 2. The molecule has 1 rings (SSSR count). The van der Waals surface area contributed by atoms with Crippen LogP contribution in [0.3, 0.4) is 0 Å². The van der Waals surface area contributed by atoms with E-state index in [4.69, 9.17) is 0 Å². The van der Waals surface area contributed by atoms with Crippen molar-refractivity contribution in [1.82, 2.24) is 0 Å². The van der Waals surface area contributed by atoms with Crippen molar-refractivity contribution in [2.75, 3.05) is 12.9 Å². The van der Waals surface area contributed by atoms with Crippen molar-refractivity contribution >= 4 is 34.6 Å². The van der Waals surface area contributed by atoms with Crippen molar-refractivity contribution in [3.63, 3.8) is 0 Å². The smallest absolute Gasteiger partial charge is 0.338 e. The third-order valence-corrected chi connectivity index (χ3v) is 3.32. The van der Waals surface area contributed by atoms with Crippen molar-refractivity contribution in [1.29, 1.82) is 0 Å². The molecule has 0 aliphatic carbocycles. The van der Waals surface area contributed by atoms with Gasteiger partial charge in [-0.15, -0.1) is 0 Å². The maximum atomic E-state index is 11.5. The summed E-state index contributed by atoms with van der Waals surface area (Å²) in [5, 5.41) is 10.9. The van der Waals surface area contributed by atoms with Gasteiger partial charge in [0.2, 0.25) is 0 Å². The molecule has 0 spiro atoms. The predicted octanol–water partition coefficient (Wildman–Crippen LogP) is 3.06. The van der Waals surface area contributed by atoms with Gasteiger partial charge in [-0.2, -0.15) is 0 Å². The second-order valence-electron chi connectivity index (χ2n) is 4.09. The van der Waals surface area contributed by atoms with E-state index in [1.165, 1.54) is 44.0 Å². The Morgan fingerprint density at radius 3 is 2.67 bits per heavy atom. The number of nitro benzene ring substituents is 1. The number of benzene rings is 1. The van der Waals surface area contributed by atoms with E-state index in [9.17, 15) is 19.7 Å². The SMILES string of the molecule is COC(=O)c1cc(C=CCCSC(C)=O)cc([N+](=O)[O-])c1. The first-order chi connectivity index (χ1) is 9.93. The molecule has 0 aliphatic rings. The molecule has 0 amide bonds. The van der Waals surface area contributed by atoms with Crippen LogP contribution in [0.5, 0.6) is 0 Å². The molecule has 0 N–H and O–H groups in total. The number of esters is 1. The van der Waals surface area contributed by atoms with E-state index in [0.717, 1.165) is 0 Å². The van der Waals surface area contributed by atoms with E-state index in [1.807, 2.05) is 0 Å². The Morgan fingerprint density at radius 1 is 1.38 bits per heavy atom. The van der Waals surface area contributed by atoms with Crippen molar-refractivity contribution in [2.24, 2.45) is 0 Å². The highest BCUT2D eigenvalue weighted by Crippen LogP contribution is 2.19. The molecular weight excluding hydrogens is 294 g/mol. The number of ether oxygens (including phenoxy) is 1. The maximum absolute atomic E-state index is 11.5. The zero-order valence-electron chi connectivity index (χ0n) is 11.7. The Morgan fingerprint density at radius 2 is 2.10 bits per heavy atom. The highest BCUT2D eigenvalue weighted by Gasteiger charge is 2.13. The molecule has 0 aromatic heterocycles. The van der Waals surface area contributed by atoms with Gasteiger partial charge in [-0.05, 0) is 18.1 Å². The van der Waals surface area contributed by atoms with Crippen molar-refractivity contribution in [2.45, 2.75) is 13.3 Å². The first kappa shape index (κ1) is 16.9. The molecule has 6 nitrogen and oxygen atoms in total. The molecule has 0 fully saturated rings. The number of nitrogens with zero attached hydrogens (tertiary/aromatic N) is 1. The van der Waals surface area contributed by atoms with Crippen LogP contribution in [0.15, 0.2) is 24.3 Å². The zero-order valence-corrected chi connectivity index (χ0v) is 12.5. The number of rotatable bonds is 6. The molecular formula is C14H15NO5S. The molecule has 0 saturated carbocycles. The summed E-state index contributed by atoms with van der Waals surface area (Å²) < 4.78 is 4.57. The molecule has 7 heteroatoms. The Labute approximate surface area is 126 Å². The molecule has 112 valence electrons. The second kappa shape index (κ2) is 8.21. The Bertz CT molecular complexity index is 583. The van der Waals surface area contributed by atoms with Gasteiger partial charge in [-0.3, -0.25) is 14.9 Å². The molecule has 0 unspecified atom stereocenters. The van der Waals surface area contributed by atoms with Crippen molar-refractivity contribution in [3.05, 3.63) is 45.5 Å². The Balaban J connectivity index is 2.87. The minimum Gasteiger partial charge on any atom is -0.465 e. The van der Waals surface area contributed by atoms with Gasteiger partial charge in [-0.1, -0.05) is 23.9 Å². The van der Waals surface area contributed by atoms with Crippen LogP contribution in [0.1, 0.15) is 29.3 Å². The average molecular weight is 309 g/mol. The van der Waals surface area contributed by atoms with Gasteiger partial charge in [0.25, 0.3) is 5.69 Å². The minimum absolute atomic E-state index is 0.0479. The molecule has 0 saturated heterocycles. The van der Waals surface area contributed by atoms with E-state index < -0.39 is 10.9 Å². The zero-order chi connectivity index (χ0) is 15.8. The lowest BCUT2D eigenvalue weighted by molar-refractivity contribution is -0.384.